The number of carbonyl (C=O) groups excluding carboxylic acids is 3. The molecule has 8 nitrogen and oxygen atoms in total. The Hall–Kier alpha value is -1.77. The molecule has 0 spiro atoms. The molecule has 1 unspecified atom stereocenters. The van der Waals surface area contributed by atoms with Gasteiger partial charge in [-0.25, -0.2) is 9.59 Å². The Labute approximate surface area is 120 Å². The number of imide groups is 1. The maximum absolute atomic E-state index is 11.7. The summed E-state index contributed by atoms with van der Waals surface area (Å²) in [6.45, 7) is 2.07. The molecule has 0 aromatic heterocycles. The van der Waals surface area contributed by atoms with E-state index in [0.29, 0.717) is 18.8 Å². The summed E-state index contributed by atoms with van der Waals surface area (Å²) in [5, 5.41) is 13.7. The van der Waals surface area contributed by atoms with Crippen LogP contribution in [0, 0.1) is 0 Å². The number of carboxylic acid groups (broad SMARTS) is 1. The fraction of sp³-hybridized carbons (Fsp3) is 0.636. The van der Waals surface area contributed by atoms with Crippen molar-refractivity contribution in [2.45, 2.75) is 19.4 Å². The van der Waals surface area contributed by atoms with E-state index in [-0.39, 0.29) is 18.1 Å². The molecule has 0 saturated carbocycles. The number of hydrogen-bond acceptors (Lipinski definition) is 5. The molecule has 1 aliphatic rings. The van der Waals surface area contributed by atoms with Gasteiger partial charge in [0.15, 0.2) is 0 Å². The molecule has 9 heteroatoms. The molecule has 0 aliphatic carbocycles. The highest BCUT2D eigenvalue weighted by Gasteiger charge is 2.25. The lowest BCUT2D eigenvalue weighted by Gasteiger charge is -2.14. The Kier molecular flexibility index (Phi) is 6.29. The van der Waals surface area contributed by atoms with Crippen molar-refractivity contribution in [2.75, 3.05) is 24.6 Å². The first kappa shape index (κ1) is 16.3. The van der Waals surface area contributed by atoms with Gasteiger partial charge in [0, 0.05) is 20.0 Å². The molecule has 1 atom stereocenters. The Bertz CT molecular complexity index is 415. The lowest BCUT2D eigenvalue weighted by Crippen LogP contribution is -2.40. The molecular weight excluding hydrogens is 286 g/mol. The minimum atomic E-state index is -1.11. The van der Waals surface area contributed by atoms with Crippen molar-refractivity contribution in [3.05, 3.63) is 0 Å². The van der Waals surface area contributed by atoms with Crippen molar-refractivity contribution >= 4 is 35.6 Å². The lowest BCUT2D eigenvalue weighted by atomic mass is 10.2. The van der Waals surface area contributed by atoms with E-state index in [1.54, 1.807) is 0 Å². The van der Waals surface area contributed by atoms with Crippen LogP contribution >= 0.6 is 11.8 Å². The van der Waals surface area contributed by atoms with Gasteiger partial charge in [-0.1, -0.05) is 0 Å². The lowest BCUT2D eigenvalue weighted by molar-refractivity contribution is -0.141. The average Bonchev–Trinajstić information content (AvgIpc) is 2.78. The van der Waals surface area contributed by atoms with Crippen LogP contribution in [-0.2, 0) is 14.4 Å². The van der Waals surface area contributed by atoms with Gasteiger partial charge in [0.05, 0.1) is 5.75 Å². The van der Waals surface area contributed by atoms with Gasteiger partial charge in [-0.3, -0.25) is 14.5 Å². The molecule has 112 valence electrons. The number of aliphatic carboxylic acids is 1. The van der Waals surface area contributed by atoms with Crippen molar-refractivity contribution in [1.29, 1.82) is 0 Å². The number of nitrogens with zero attached hydrogens (tertiary/aromatic N) is 1. The third-order valence-corrected chi connectivity index (χ3v) is 3.59. The van der Waals surface area contributed by atoms with Gasteiger partial charge < -0.3 is 15.7 Å². The quantitative estimate of drug-likeness (QED) is 0.533. The van der Waals surface area contributed by atoms with E-state index in [9.17, 15) is 19.2 Å². The number of rotatable bonds is 7. The van der Waals surface area contributed by atoms with E-state index in [1.807, 2.05) is 0 Å². The standard InChI is InChI=1S/C11H17N3O5S/c1-7(15)13-8(10(17)18)2-5-20-6-9(16)14-4-3-12-11(14)19/h8H,2-6H2,1H3,(H,12,19)(H,13,15)(H,17,18). The summed E-state index contributed by atoms with van der Waals surface area (Å²) in [6, 6.07) is -1.34. The Morgan fingerprint density at radius 1 is 1.50 bits per heavy atom. The predicted molar refractivity (Wildman–Crippen MR) is 72.3 cm³/mol. The fourth-order valence-corrected chi connectivity index (χ4v) is 2.53. The molecule has 0 aromatic rings. The van der Waals surface area contributed by atoms with E-state index in [4.69, 9.17) is 5.11 Å². The Balaban J connectivity index is 2.26. The smallest absolute Gasteiger partial charge is 0.326 e. The molecule has 0 radical (unpaired) electrons. The highest BCUT2D eigenvalue weighted by atomic mass is 32.2. The highest BCUT2D eigenvalue weighted by Crippen LogP contribution is 2.08. The molecule has 0 bridgehead atoms. The number of thioether (sulfide) groups is 1. The molecule has 1 aliphatic heterocycles. The zero-order valence-corrected chi connectivity index (χ0v) is 11.9. The van der Waals surface area contributed by atoms with Gasteiger partial charge in [0.1, 0.15) is 6.04 Å². The summed E-state index contributed by atoms with van der Waals surface area (Å²) in [6.07, 6.45) is 0.221. The van der Waals surface area contributed by atoms with E-state index in [0.717, 1.165) is 4.90 Å². The van der Waals surface area contributed by atoms with Crippen LogP contribution in [0.3, 0.4) is 0 Å². The first-order valence-corrected chi connectivity index (χ1v) is 7.23. The molecule has 4 amide bonds. The molecule has 20 heavy (non-hydrogen) atoms. The molecule has 0 aromatic carbocycles. The minimum Gasteiger partial charge on any atom is -0.480 e. The number of urea groups is 1. The zero-order valence-electron chi connectivity index (χ0n) is 11.0. The van der Waals surface area contributed by atoms with Crippen LogP contribution in [-0.4, -0.2) is 64.5 Å². The van der Waals surface area contributed by atoms with Crippen LogP contribution in [0.5, 0.6) is 0 Å². The number of carboxylic acids is 1. The normalized spacial score (nSPS) is 15.7. The van der Waals surface area contributed by atoms with Crippen molar-refractivity contribution in [1.82, 2.24) is 15.5 Å². The summed E-state index contributed by atoms with van der Waals surface area (Å²) in [4.78, 5) is 45.7. The zero-order chi connectivity index (χ0) is 15.1. The van der Waals surface area contributed by atoms with E-state index in [2.05, 4.69) is 10.6 Å². The van der Waals surface area contributed by atoms with Crippen LogP contribution in [0.2, 0.25) is 0 Å². The van der Waals surface area contributed by atoms with Crippen LogP contribution in [0.4, 0.5) is 4.79 Å². The van der Waals surface area contributed by atoms with Crippen molar-refractivity contribution in [3.8, 4) is 0 Å². The second kappa shape index (κ2) is 7.73. The average molecular weight is 303 g/mol. The minimum absolute atomic E-state index is 0.111. The second-order valence-electron chi connectivity index (χ2n) is 4.21. The van der Waals surface area contributed by atoms with Gasteiger partial charge in [-0.2, -0.15) is 11.8 Å². The number of hydrogen-bond donors (Lipinski definition) is 3. The number of nitrogens with one attached hydrogen (secondary N) is 2. The van der Waals surface area contributed by atoms with Gasteiger partial charge in [0.25, 0.3) is 0 Å². The SMILES string of the molecule is CC(=O)NC(CCSCC(=O)N1CCNC1=O)C(=O)O. The highest BCUT2D eigenvalue weighted by molar-refractivity contribution is 7.99. The molecule has 1 rings (SSSR count). The summed E-state index contributed by atoms with van der Waals surface area (Å²) >= 11 is 1.24. The van der Waals surface area contributed by atoms with Gasteiger partial charge in [-0.15, -0.1) is 0 Å². The molecule has 1 saturated heterocycles. The molecule has 3 N–H and O–H groups in total. The molecule has 1 heterocycles. The third-order valence-electron chi connectivity index (χ3n) is 2.61. The van der Waals surface area contributed by atoms with Crippen LogP contribution in [0.15, 0.2) is 0 Å². The van der Waals surface area contributed by atoms with Crippen LogP contribution in [0.25, 0.3) is 0 Å². The summed E-state index contributed by atoms with van der Waals surface area (Å²) in [7, 11) is 0. The second-order valence-corrected chi connectivity index (χ2v) is 5.32. The topological polar surface area (TPSA) is 116 Å². The van der Waals surface area contributed by atoms with Gasteiger partial charge >= 0.3 is 12.0 Å². The Morgan fingerprint density at radius 3 is 2.70 bits per heavy atom. The monoisotopic (exact) mass is 303 g/mol. The Morgan fingerprint density at radius 2 is 2.20 bits per heavy atom. The van der Waals surface area contributed by atoms with Crippen molar-refractivity contribution in [2.24, 2.45) is 0 Å². The van der Waals surface area contributed by atoms with Crippen molar-refractivity contribution in [3.63, 3.8) is 0 Å². The summed E-state index contributed by atoms with van der Waals surface area (Å²) in [5.74, 6) is -1.30. The van der Waals surface area contributed by atoms with E-state index in [1.165, 1.54) is 18.7 Å². The number of amides is 4. The summed E-state index contributed by atoms with van der Waals surface area (Å²) < 4.78 is 0. The summed E-state index contributed by atoms with van der Waals surface area (Å²) in [5.41, 5.74) is 0. The first-order valence-electron chi connectivity index (χ1n) is 6.07. The number of carbonyl (C=O) groups is 4. The van der Waals surface area contributed by atoms with Gasteiger partial charge in [-0.05, 0) is 12.2 Å². The van der Waals surface area contributed by atoms with Crippen LogP contribution < -0.4 is 10.6 Å². The fourth-order valence-electron chi connectivity index (χ4n) is 1.65. The molecular formula is C11H17N3O5S. The maximum atomic E-state index is 11.7. The third kappa shape index (κ3) is 5.08. The van der Waals surface area contributed by atoms with E-state index >= 15 is 0 Å². The molecule has 1 fully saturated rings. The van der Waals surface area contributed by atoms with Crippen LogP contribution in [0.1, 0.15) is 13.3 Å². The predicted octanol–water partition coefficient (Wildman–Crippen LogP) is -0.749. The van der Waals surface area contributed by atoms with Crippen molar-refractivity contribution < 1.29 is 24.3 Å². The maximum Gasteiger partial charge on any atom is 0.326 e. The van der Waals surface area contributed by atoms with Gasteiger partial charge in [0.2, 0.25) is 11.8 Å². The van der Waals surface area contributed by atoms with E-state index < -0.39 is 23.9 Å². The first-order chi connectivity index (χ1) is 9.41. The largest absolute Gasteiger partial charge is 0.480 e.